The molecular formula is C16H20N4O3. The van der Waals surface area contributed by atoms with Crippen LogP contribution in [0, 0.1) is 6.92 Å². The smallest absolute Gasteiger partial charge is 0.248 e. The molecule has 0 aliphatic heterocycles. The molecular weight excluding hydrogens is 296 g/mol. The van der Waals surface area contributed by atoms with Gasteiger partial charge in [0.05, 0.1) is 5.69 Å². The number of aryl methyl sites for hydroxylation is 1. The van der Waals surface area contributed by atoms with Crippen molar-refractivity contribution in [3.8, 4) is 0 Å². The van der Waals surface area contributed by atoms with E-state index in [1.165, 1.54) is 0 Å². The van der Waals surface area contributed by atoms with Gasteiger partial charge in [0.1, 0.15) is 6.04 Å². The highest BCUT2D eigenvalue weighted by Crippen LogP contribution is 2.15. The van der Waals surface area contributed by atoms with Crippen molar-refractivity contribution in [3.05, 3.63) is 36.0 Å². The van der Waals surface area contributed by atoms with Crippen LogP contribution in [0.2, 0.25) is 0 Å². The molecule has 23 heavy (non-hydrogen) atoms. The number of aromatic nitrogens is 1. The summed E-state index contributed by atoms with van der Waals surface area (Å²) in [5.41, 5.74) is 2.19. The Labute approximate surface area is 134 Å². The third-order valence-corrected chi connectivity index (χ3v) is 3.14. The average molecular weight is 316 g/mol. The summed E-state index contributed by atoms with van der Waals surface area (Å²) in [6.07, 6.45) is 0.429. The second-order valence-corrected chi connectivity index (χ2v) is 5.17. The van der Waals surface area contributed by atoms with Gasteiger partial charge in [-0.15, -0.1) is 0 Å². The lowest BCUT2D eigenvalue weighted by molar-refractivity contribution is -0.117. The van der Waals surface area contributed by atoms with Crippen LogP contribution in [0.5, 0.6) is 0 Å². The molecule has 1 heterocycles. The largest absolute Gasteiger partial charge is 0.374 e. The maximum absolute atomic E-state index is 12.1. The molecule has 0 aliphatic carbocycles. The Morgan fingerprint density at radius 3 is 2.39 bits per heavy atom. The van der Waals surface area contributed by atoms with E-state index in [1.54, 1.807) is 51.1 Å². The fourth-order valence-electron chi connectivity index (χ4n) is 1.87. The number of hydrogen-bond acceptors (Lipinski definition) is 5. The molecule has 0 radical (unpaired) electrons. The van der Waals surface area contributed by atoms with E-state index in [0.717, 1.165) is 11.4 Å². The fourth-order valence-corrected chi connectivity index (χ4v) is 1.87. The van der Waals surface area contributed by atoms with Gasteiger partial charge in [-0.05, 0) is 38.1 Å². The first-order valence-corrected chi connectivity index (χ1v) is 7.38. The zero-order valence-electron chi connectivity index (χ0n) is 13.3. The van der Waals surface area contributed by atoms with Gasteiger partial charge in [-0.1, -0.05) is 12.1 Å². The van der Waals surface area contributed by atoms with E-state index >= 15 is 0 Å². The number of amides is 2. The number of hydrogen-bond donors (Lipinski definition) is 3. The highest BCUT2D eigenvalue weighted by molar-refractivity contribution is 5.95. The molecule has 7 nitrogen and oxygen atoms in total. The lowest BCUT2D eigenvalue weighted by atomic mass is 10.2. The topological polar surface area (TPSA) is 96.3 Å². The lowest BCUT2D eigenvalue weighted by Crippen LogP contribution is -2.31. The molecule has 2 aromatic rings. The van der Waals surface area contributed by atoms with Crippen molar-refractivity contribution in [2.75, 3.05) is 16.0 Å². The van der Waals surface area contributed by atoms with Crippen molar-refractivity contribution in [3.63, 3.8) is 0 Å². The number of rotatable bonds is 6. The maximum atomic E-state index is 12.1. The summed E-state index contributed by atoms with van der Waals surface area (Å²) in [5.74, 6) is 0.0455. The number of carbonyl (C=O) groups excluding carboxylic acids is 2. The minimum atomic E-state index is -0.462. The Kier molecular flexibility index (Phi) is 5.35. The van der Waals surface area contributed by atoms with E-state index in [2.05, 4.69) is 21.1 Å². The van der Waals surface area contributed by atoms with E-state index in [0.29, 0.717) is 18.0 Å². The number of anilines is 3. The number of nitrogens with one attached hydrogen (secondary N) is 3. The molecule has 3 N–H and O–H groups in total. The van der Waals surface area contributed by atoms with E-state index in [1.807, 2.05) is 0 Å². The molecule has 0 spiro atoms. The van der Waals surface area contributed by atoms with Gasteiger partial charge in [-0.2, -0.15) is 0 Å². The molecule has 2 rings (SSSR count). The van der Waals surface area contributed by atoms with E-state index in [9.17, 15) is 9.59 Å². The zero-order valence-corrected chi connectivity index (χ0v) is 13.3. The molecule has 0 unspecified atom stereocenters. The van der Waals surface area contributed by atoms with Crippen molar-refractivity contribution in [2.45, 2.75) is 33.2 Å². The van der Waals surface area contributed by atoms with Gasteiger partial charge >= 0.3 is 0 Å². The van der Waals surface area contributed by atoms with Gasteiger partial charge in [-0.3, -0.25) is 14.9 Å². The normalized spacial score (nSPS) is 11.6. The van der Waals surface area contributed by atoms with Gasteiger partial charge in [0.2, 0.25) is 17.7 Å². The van der Waals surface area contributed by atoms with Crippen molar-refractivity contribution in [1.82, 2.24) is 5.16 Å². The molecule has 0 fully saturated rings. The molecule has 1 aromatic heterocycles. The van der Waals surface area contributed by atoms with Gasteiger partial charge in [0.25, 0.3) is 0 Å². The summed E-state index contributed by atoms with van der Waals surface area (Å²) < 4.78 is 4.95. The second kappa shape index (κ2) is 7.44. The maximum Gasteiger partial charge on any atom is 0.248 e. The third kappa shape index (κ3) is 4.84. The van der Waals surface area contributed by atoms with E-state index in [4.69, 9.17) is 4.52 Å². The van der Waals surface area contributed by atoms with Gasteiger partial charge in [0.15, 0.2) is 0 Å². The number of benzene rings is 1. The quantitative estimate of drug-likeness (QED) is 0.761. The first-order chi connectivity index (χ1) is 11.0. The Morgan fingerprint density at radius 1 is 1.17 bits per heavy atom. The van der Waals surface area contributed by atoms with Crippen molar-refractivity contribution in [2.24, 2.45) is 0 Å². The average Bonchev–Trinajstić information content (AvgIpc) is 2.94. The summed E-state index contributed by atoms with van der Waals surface area (Å²) in [5, 5.41) is 12.2. The highest BCUT2D eigenvalue weighted by Gasteiger charge is 2.14. The molecule has 0 aliphatic rings. The van der Waals surface area contributed by atoms with Crippen molar-refractivity contribution < 1.29 is 14.1 Å². The summed E-state index contributed by atoms with van der Waals surface area (Å²) in [6.45, 7) is 5.31. The predicted octanol–water partition coefficient (Wildman–Crippen LogP) is 2.77. The minimum absolute atomic E-state index is 0.0409. The molecule has 1 aromatic carbocycles. The first-order valence-electron chi connectivity index (χ1n) is 7.38. The van der Waals surface area contributed by atoms with Crippen LogP contribution in [0.1, 0.15) is 26.0 Å². The molecule has 0 saturated heterocycles. The van der Waals surface area contributed by atoms with Crippen LogP contribution in [0.4, 0.5) is 17.3 Å². The molecule has 122 valence electrons. The molecule has 0 bridgehead atoms. The predicted molar refractivity (Wildman–Crippen MR) is 88.3 cm³/mol. The van der Waals surface area contributed by atoms with Gasteiger partial charge < -0.3 is 15.2 Å². The Bertz CT molecular complexity index is 679. The first kappa shape index (κ1) is 16.5. The molecule has 7 heteroatoms. The zero-order chi connectivity index (χ0) is 16.8. The van der Waals surface area contributed by atoms with E-state index in [-0.39, 0.29) is 11.8 Å². The summed E-state index contributed by atoms with van der Waals surface area (Å²) in [4.78, 5) is 23.4. The Morgan fingerprint density at radius 2 is 1.83 bits per heavy atom. The molecule has 0 saturated carbocycles. The summed E-state index contributed by atoms with van der Waals surface area (Å²) in [6, 6.07) is 8.34. The Balaban J connectivity index is 1.90. The minimum Gasteiger partial charge on any atom is -0.374 e. The third-order valence-electron chi connectivity index (χ3n) is 3.14. The van der Waals surface area contributed by atoms with Crippen LogP contribution in [0.25, 0.3) is 0 Å². The lowest BCUT2D eigenvalue weighted by Gasteiger charge is -2.14. The van der Waals surface area contributed by atoms with Crippen LogP contribution in [0.15, 0.2) is 34.9 Å². The molecule has 2 amide bonds. The highest BCUT2D eigenvalue weighted by atomic mass is 16.5. The van der Waals surface area contributed by atoms with Gasteiger partial charge in [-0.25, -0.2) is 0 Å². The summed E-state index contributed by atoms with van der Waals surface area (Å²) >= 11 is 0. The van der Waals surface area contributed by atoms with Crippen LogP contribution >= 0.6 is 0 Å². The molecule has 1 atom stereocenters. The van der Waals surface area contributed by atoms with E-state index < -0.39 is 6.04 Å². The van der Waals surface area contributed by atoms with Crippen LogP contribution in [0.3, 0.4) is 0 Å². The van der Waals surface area contributed by atoms with Crippen molar-refractivity contribution in [1.29, 1.82) is 0 Å². The monoisotopic (exact) mass is 316 g/mol. The van der Waals surface area contributed by atoms with Crippen LogP contribution < -0.4 is 16.0 Å². The standard InChI is InChI=1S/C16H20N4O3/c1-4-14(21)18-13-7-5-12(6-8-13)17-11(3)16(22)19-15-9-10(2)20-23-15/h5-9,11,17H,4H2,1-3H3,(H,18,21)(H,19,22)/t11-/m1/s1. The summed E-state index contributed by atoms with van der Waals surface area (Å²) in [7, 11) is 0. The Hall–Kier alpha value is -2.83. The van der Waals surface area contributed by atoms with Crippen LogP contribution in [-0.2, 0) is 9.59 Å². The number of carbonyl (C=O) groups is 2. The SMILES string of the molecule is CCC(=O)Nc1ccc(N[C@H](C)C(=O)Nc2cc(C)no2)cc1. The van der Waals surface area contributed by atoms with Crippen molar-refractivity contribution >= 4 is 29.1 Å². The number of nitrogens with zero attached hydrogens (tertiary/aromatic N) is 1. The second-order valence-electron chi connectivity index (χ2n) is 5.17. The fraction of sp³-hybridized carbons (Fsp3) is 0.312. The van der Waals surface area contributed by atoms with Crippen LogP contribution in [-0.4, -0.2) is 23.0 Å². The van der Waals surface area contributed by atoms with Gasteiger partial charge in [0, 0.05) is 23.9 Å².